The van der Waals surface area contributed by atoms with Crippen molar-refractivity contribution in [1.82, 2.24) is 9.80 Å². The number of aryl methyl sites for hydroxylation is 1. The van der Waals surface area contributed by atoms with Gasteiger partial charge >= 0.3 is 5.97 Å². The number of ether oxygens (including phenoxy) is 1. The number of benzene rings is 2. The van der Waals surface area contributed by atoms with Crippen molar-refractivity contribution in [1.29, 1.82) is 0 Å². The van der Waals surface area contributed by atoms with Crippen molar-refractivity contribution >= 4 is 23.7 Å². The van der Waals surface area contributed by atoms with E-state index >= 15 is 0 Å². The zero-order valence-electron chi connectivity index (χ0n) is 18.0. The molecule has 2 aromatic carbocycles. The third-order valence-corrected chi connectivity index (χ3v) is 5.16. The Morgan fingerprint density at radius 1 is 1.00 bits per heavy atom. The van der Waals surface area contributed by atoms with Gasteiger partial charge in [0.25, 0.3) is 17.7 Å². The lowest BCUT2D eigenvalue weighted by Crippen LogP contribution is -2.39. The molecule has 7 nitrogen and oxygen atoms in total. The van der Waals surface area contributed by atoms with Gasteiger partial charge in [0.05, 0.1) is 17.5 Å². The summed E-state index contributed by atoms with van der Waals surface area (Å²) in [5.41, 5.74) is 2.55. The molecular formula is C24H26N2O5. The molecule has 3 amide bonds. The van der Waals surface area contributed by atoms with Crippen LogP contribution in [0.4, 0.5) is 0 Å². The largest absolute Gasteiger partial charge is 0.456 e. The number of carbonyl (C=O) groups excluding carboxylic acids is 4. The van der Waals surface area contributed by atoms with Gasteiger partial charge in [-0.1, -0.05) is 42.0 Å². The number of imide groups is 1. The first-order valence-corrected chi connectivity index (χ1v) is 10.2. The molecular weight excluding hydrogens is 396 g/mol. The van der Waals surface area contributed by atoms with E-state index in [-0.39, 0.29) is 31.5 Å². The van der Waals surface area contributed by atoms with E-state index < -0.39 is 17.8 Å². The van der Waals surface area contributed by atoms with Crippen LogP contribution in [0, 0.1) is 6.92 Å². The average Bonchev–Trinajstić information content (AvgIpc) is 2.98. The van der Waals surface area contributed by atoms with Gasteiger partial charge in [-0.15, -0.1) is 0 Å². The van der Waals surface area contributed by atoms with Crippen molar-refractivity contribution in [3.63, 3.8) is 0 Å². The van der Waals surface area contributed by atoms with E-state index in [4.69, 9.17) is 4.74 Å². The van der Waals surface area contributed by atoms with Crippen LogP contribution in [-0.2, 0) is 20.9 Å². The molecule has 0 radical (unpaired) electrons. The maximum atomic E-state index is 12.6. The van der Waals surface area contributed by atoms with E-state index in [0.717, 1.165) is 16.0 Å². The van der Waals surface area contributed by atoms with Gasteiger partial charge in [0.2, 0.25) is 0 Å². The Morgan fingerprint density at radius 2 is 1.68 bits per heavy atom. The molecule has 0 aromatic heterocycles. The van der Waals surface area contributed by atoms with Gasteiger partial charge in [0, 0.05) is 19.1 Å². The Labute approximate surface area is 181 Å². The number of nitrogens with zero attached hydrogens (tertiary/aromatic N) is 2. The van der Waals surface area contributed by atoms with Gasteiger partial charge in [0.15, 0.2) is 6.61 Å². The minimum absolute atomic E-state index is 0.0618. The highest BCUT2D eigenvalue weighted by Gasteiger charge is 2.35. The lowest BCUT2D eigenvalue weighted by molar-refractivity contribution is -0.153. The highest BCUT2D eigenvalue weighted by Crippen LogP contribution is 2.24. The quantitative estimate of drug-likeness (QED) is 0.482. The number of hydrogen-bond donors (Lipinski definition) is 0. The first kappa shape index (κ1) is 22.2. The Hall–Kier alpha value is -3.48. The number of carbonyl (C=O) groups is 4. The SMILES string of the molecule is Cc1ccc2c(c1)C(=O)N(CCC(=O)OCC(=O)N(Cc1ccccc1)C(C)C)C2=O. The van der Waals surface area contributed by atoms with Crippen LogP contribution >= 0.6 is 0 Å². The topological polar surface area (TPSA) is 84.0 Å². The molecule has 0 unspecified atom stereocenters. The minimum Gasteiger partial charge on any atom is -0.456 e. The van der Waals surface area contributed by atoms with Crippen LogP contribution in [-0.4, -0.2) is 52.7 Å². The van der Waals surface area contributed by atoms with E-state index in [2.05, 4.69) is 0 Å². The Bertz CT molecular complexity index is 1000. The van der Waals surface area contributed by atoms with Crippen molar-refractivity contribution in [2.24, 2.45) is 0 Å². The Morgan fingerprint density at radius 3 is 2.35 bits per heavy atom. The number of amides is 3. The van der Waals surface area contributed by atoms with Crippen LogP contribution in [0.5, 0.6) is 0 Å². The lowest BCUT2D eigenvalue weighted by atomic mass is 10.1. The summed E-state index contributed by atoms with van der Waals surface area (Å²) in [6, 6.07) is 14.6. The smallest absolute Gasteiger partial charge is 0.308 e. The molecule has 31 heavy (non-hydrogen) atoms. The maximum Gasteiger partial charge on any atom is 0.308 e. The second-order valence-corrected chi connectivity index (χ2v) is 7.82. The fourth-order valence-electron chi connectivity index (χ4n) is 3.45. The third-order valence-electron chi connectivity index (χ3n) is 5.16. The van der Waals surface area contributed by atoms with Gasteiger partial charge < -0.3 is 9.64 Å². The van der Waals surface area contributed by atoms with E-state index in [9.17, 15) is 19.2 Å². The highest BCUT2D eigenvalue weighted by molar-refractivity contribution is 6.21. The first-order valence-electron chi connectivity index (χ1n) is 10.2. The Kier molecular flexibility index (Phi) is 6.84. The molecule has 7 heteroatoms. The molecule has 3 rings (SSSR count). The molecule has 2 aromatic rings. The molecule has 0 fully saturated rings. The predicted octanol–water partition coefficient (Wildman–Crippen LogP) is 2.96. The van der Waals surface area contributed by atoms with Crippen LogP contribution in [0.25, 0.3) is 0 Å². The molecule has 162 valence electrons. The van der Waals surface area contributed by atoms with Crippen molar-refractivity contribution < 1.29 is 23.9 Å². The van der Waals surface area contributed by atoms with Gasteiger partial charge in [0.1, 0.15) is 0 Å². The molecule has 0 atom stereocenters. The molecule has 0 bridgehead atoms. The van der Waals surface area contributed by atoms with Crippen LogP contribution < -0.4 is 0 Å². The second-order valence-electron chi connectivity index (χ2n) is 7.82. The van der Waals surface area contributed by atoms with Crippen LogP contribution in [0.3, 0.4) is 0 Å². The van der Waals surface area contributed by atoms with E-state index in [1.54, 1.807) is 23.1 Å². The molecule has 0 spiro atoms. The average molecular weight is 422 g/mol. The lowest BCUT2D eigenvalue weighted by Gasteiger charge is -2.26. The standard InChI is InChI=1S/C24H26N2O5/c1-16(2)26(14-18-7-5-4-6-8-18)21(27)15-31-22(28)11-12-25-23(29)19-10-9-17(3)13-20(19)24(25)30/h4-10,13,16H,11-12,14-15H2,1-3H3. The Balaban J connectivity index is 1.51. The number of hydrogen-bond acceptors (Lipinski definition) is 5. The summed E-state index contributed by atoms with van der Waals surface area (Å²) in [5.74, 6) is -1.77. The molecule has 1 aliphatic rings. The van der Waals surface area contributed by atoms with Gasteiger partial charge in [-0.25, -0.2) is 0 Å². The summed E-state index contributed by atoms with van der Waals surface area (Å²) in [7, 11) is 0. The van der Waals surface area contributed by atoms with Gasteiger partial charge in [-0.3, -0.25) is 24.1 Å². The van der Waals surface area contributed by atoms with Crippen LogP contribution in [0.1, 0.15) is 52.1 Å². The number of fused-ring (bicyclic) bond motifs is 1. The van der Waals surface area contributed by atoms with Crippen molar-refractivity contribution in [2.75, 3.05) is 13.2 Å². The number of esters is 1. The summed E-state index contributed by atoms with van der Waals surface area (Å²) in [6.45, 7) is 5.58. The molecule has 0 saturated heterocycles. The first-order chi connectivity index (χ1) is 14.8. The zero-order chi connectivity index (χ0) is 22.5. The second kappa shape index (κ2) is 9.55. The number of rotatable bonds is 8. The molecule has 1 aliphatic heterocycles. The van der Waals surface area contributed by atoms with Crippen molar-refractivity contribution in [3.05, 3.63) is 70.8 Å². The molecule has 0 aliphatic carbocycles. The van der Waals surface area contributed by atoms with Gasteiger partial charge in [-0.05, 0) is 38.5 Å². The third kappa shape index (κ3) is 5.17. The fourth-order valence-corrected chi connectivity index (χ4v) is 3.45. The zero-order valence-corrected chi connectivity index (χ0v) is 18.0. The summed E-state index contributed by atoms with van der Waals surface area (Å²) in [6.07, 6.45) is -0.169. The predicted molar refractivity (Wildman–Crippen MR) is 114 cm³/mol. The van der Waals surface area contributed by atoms with Crippen molar-refractivity contribution in [3.8, 4) is 0 Å². The summed E-state index contributed by atoms with van der Waals surface area (Å²) >= 11 is 0. The molecule has 1 heterocycles. The van der Waals surface area contributed by atoms with Crippen molar-refractivity contribution in [2.45, 2.75) is 39.8 Å². The maximum absolute atomic E-state index is 12.6. The van der Waals surface area contributed by atoms with E-state index in [1.165, 1.54) is 0 Å². The fraction of sp³-hybridized carbons (Fsp3) is 0.333. The summed E-state index contributed by atoms with van der Waals surface area (Å²) < 4.78 is 5.12. The van der Waals surface area contributed by atoms with Crippen LogP contribution in [0.15, 0.2) is 48.5 Å². The summed E-state index contributed by atoms with van der Waals surface area (Å²) in [5, 5.41) is 0. The molecule has 0 N–H and O–H groups in total. The van der Waals surface area contributed by atoms with E-state index in [0.29, 0.717) is 17.7 Å². The minimum atomic E-state index is -0.635. The summed E-state index contributed by atoms with van der Waals surface area (Å²) in [4.78, 5) is 52.3. The normalized spacial score (nSPS) is 12.8. The highest BCUT2D eigenvalue weighted by atomic mass is 16.5. The van der Waals surface area contributed by atoms with E-state index in [1.807, 2.05) is 51.1 Å². The van der Waals surface area contributed by atoms with Gasteiger partial charge in [-0.2, -0.15) is 0 Å². The monoisotopic (exact) mass is 422 g/mol. The van der Waals surface area contributed by atoms with Crippen LogP contribution in [0.2, 0.25) is 0 Å². The molecule has 0 saturated carbocycles.